The molecule has 0 saturated carbocycles. The number of unbranched alkanes of at least 4 members (excludes halogenated alkanes) is 4. The Bertz CT molecular complexity index is 1160. The first-order valence-electron chi connectivity index (χ1n) is 11.4. The lowest BCUT2D eigenvalue weighted by molar-refractivity contribution is -0.141. The van der Waals surface area contributed by atoms with Gasteiger partial charge in [0.1, 0.15) is 5.75 Å². The molecule has 0 unspecified atom stereocenters. The van der Waals surface area contributed by atoms with Crippen LogP contribution in [0.3, 0.4) is 0 Å². The zero-order chi connectivity index (χ0) is 24.3. The average molecular weight is 475 g/mol. The second-order valence-corrected chi connectivity index (χ2v) is 7.79. The van der Waals surface area contributed by atoms with E-state index in [1.807, 2.05) is 0 Å². The molecule has 9 nitrogen and oxygen atoms in total. The summed E-state index contributed by atoms with van der Waals surface area (Å²) in [5.74, 6) is 0.457. The Hall–Kier alpha value is -3.49. The van der Waals surface area contributed by atoms with Gasteiger partial charge in [-0.25, -0.2) is 4.79 Å². The van der Waals surface area contributed by atoms with E-state index in [0.717, 1.165) is 31.1 Å². The number of fused-ring (bicyclic) bond motifs is 2. The third-order valence-electron chi connectivity index (χ3n) is 5.40. The fraction of sp³-hybridized carbons (Fsp3) is 0.480. The number of furan rings is 1. The highest BCUT2D eigenvalue weighted by molar-refractivity contribution is 6.06. The Morgan fingerprint density at radius 1 is 0.735 bits per heavy atom. The van der Waals surface area contributed by atoms with Gasteiger partial charge in [-0.05, 0) is 50.7 Å². The van der Waals surface area contributed by atoms with E-state index >= 15 is 0 Å². The predicted octanol–water partition coefficient (Wildman–Crippen LogP) is 4.76. The number of carbonyl (C=O) groups excluding carboxylic acids is 2. The molecule has 3 rings (SSSR count). The lowest BCUT2D eigenvalue weighted by Gasteiger charge is -2.14. The summed E-state index contributed by atoms with van der Waals surface area (Å²) in [4.78, 5) is 34.4. The highest BCUT2D eigenvalue weighted by atomic mass is 16.5. The second-order valence-electron chi connectivity index (χ2n) is 7.79. The Kier molecular flexibility index (Phi) is 9.37. The number of esters is 2. The summed E-state index contributed by atoms with van der Waals surface area (Å²) >= 11 is 0. The van der Waals surface area contributed by atoms with Crippen molar-refractivity contribution in [2.45, 2.75) is 51.4 Å². The molecule has 0 fully saturated rings. The molecule has 0 saturated heterocycles. The number of benzene rings is 1. The van der Waals surface area contributed by atoms with Gasteiger partial charge < -0.3 is 27.8 Å². The molecule has 34 heavy (non-hydrogen) atoms. The van der Waals surface area contributed by atoms with Gasteiger partial charge in [0, 0.05) is 18.9 Å². The van der Waals surface area contributed by atoms with E-state index in [-0.39, 0.29) is 17.5 Å². The van der Waals surface area contributed by atoms with Crippen LogP contribution in [0.15, 0.2) is 38.1 Å². The molecule has 2 heterocycles. The quantitative estimate of drug-likeness (QED) is 0.185. The van der Waals surface area contributed by atoms with Crippen LogP contribution in [0.2, 0.25) is 0 Å². The number of rotatable bonds is 14. The highest BCUT2D eigenvalue weighted by Crippen LogP contribution is 2.43. The third kappa shape index (κ3) is 6.52. The summed E-state index contributed by atoms with van der Waals surface area (Å²) in [5.41, 5.74) is 0.206. The van der Waals surface area contributed by atoms with Gasteiger partial charge in [-0.2, -0.15) is 0 Å². The zero-order valence-corrected chi connectivity index (χ0v) is 19.6. The maximum absolute atomic E-state index is 12.0. The summed E-state index contributed by atoms with van der Waals surface area (Å²) in [6.07, 6.45) is 6.77. The van der Waals surface area contributed by atoms with Gasteiger partial charge in [-0.1, -0.05) is 0 Å². The van der Waals surface area contributed by atoms with Crippen LogP contribution in [0.1, 0.15) is 51.4 Å². The third-order valence-corrected chi connectivity index (χ3v) is 5.40. The minimum Gasteiger partial charge on any atom is -0.492 e. The van der Waals surface area contributed by atoms with Crippen LogP contribution in [0.5, 0.6) is 11.5 Å². The summed E-state index contributed by atoms with van der Waals surface area (Å²) in [5, 5.41) is 1.33. The molecule has 1 aromatic carbocycles. The molecule has 0 atom stereocenters. The number of hydrogen-bond acceptors (Lipinski definition) is 9. The minimum atomic E-state index is -0.505. The van der Waals surface area contributed by atoms with Gasteiger partial charge in [-0.15, -0.1) is 0 Å². The van der Waals surface area contributed by atoms with Crippen molar-refractivity contribution in [3.63, 3.8) is 0 Å². The van der Waals surface area contributed by atoms with E-state index in [1.54, 1.807) is 12.1 Å². The predicted molar refractivity (Wildman–Crippen MR) is 124 cm³/mol. The maximum Gasteiger partial charge on any atom is 0.336 e. The van der Waals surface area contributed by atoms with E-state index in [4.69, 9.17) is 18.3 Å². The monoisotopic (exact) mass is 474 g/mol. The lowest BCUT2D eigenvalue weighted by atomic mass is 10.1. The van der Waals surface area contributed by atoms with Crippen LogP contribution < -0.4 is 15.1 Å². The van der Waals surface area contributed by atoms with Crippen LogP contribution in [0.25, 0.3) is 21.9 Å². The molecule has 0 aliphatic heterocycles. The van der Waals surface area contributed by atoms with Crippen molar-refractivity contribution in [1.82, 2.24) is 0 Å². The van der Waals surface area contributed by atoms with Gasteiger partial charge >= 0.3 is 17.6 Å². The fourth-order valence-electron chi connectivity index (χ4n) is 3.61. The number of ether oxygens (including phenoxy) is 4. The van der Waals surface area contributed by atoms with Crippen LogP contribution >= 0.6 is 0 Å². The van der Waals surface area contributed by atoms with Crippen molar-refractivity contribution in [3.05, 3.63) is 34.9 Å². The lowest BCUT2D eigenvalue weighted by Crippen LogP contribution is -2.05. The molecule has 0 aliphatic rings. The van der Waals surface area contributed by atoms with Crippen LogP contribution in [0, 0.1) is 0 Å². The second kappa shape index (κ2) is 12.7. The summed E-state index contributed by atoms with van der Waals surface area (Å²) in [6, 6.07) is 4.78. The van der Waals surface area contributed by atoms with Gasteiger partial charge in [0.2, 0.25) is 5.75 Å². The van der Waals surface area contributed by atoms with Gasteiger partial charge in [-0.3, -0.25) is 9.59 Å². The van der Waals surface area contributed by atoms with Crippen LogP contribution in [0.4, 0.5) is 0 Å². The zero-order valence-electron chi connectivity index (χ0n) is 19.6. The molecular weight excluding hydrogens is 444 g/mol. The molecule has 2 aromatic heterocycles. The SMILES string of the molecule is COC(=O)CCCCCOc1c2ccoc2c(OCCCCCC(=O)OC)c2oc(=O)ccc12. The molecule has 184 valence electrons. The first-order valence-corrected chi connectivity index (χ1v) is 11.4. The molecule has 3 aromatic rings. The van der Waals surface area contributed by atoms with E-state index in [1.165, 1.54) is 26.5 Å². The van der Waals surface area contributed by atoms with Crippen LogP contribution in [-0.2, 0) is 19.1 Å². The first-order chi connectivity index (χ1) is 16.5. The summed E-state index contributed by atoms with van der Waals surface area (Å²) < 4.78 is 32.5. The molecule has 0 amide bonds. The van der Waals surface area contributed by atoms with Gasteiger partial charge in [0.25, 0.3) is 0 Å². The summed E-state index contributed by atoms with van der Waals surface area (Å²) in [6.45, 7) is 0.793. The van der Waals surface area contributed by atoms with Crippen molar-refractivity contribution >= 4 is 33.9 Å². The smallest absolute Gasteiger partial charge is 0.336 e. The molecule has 0 radical (unpaired) electrons. The van der Waals surface area contributed by atoms with Crippen molar-refractivity contribution in [1.29, 1.82) is 0 Å². The highest BCUT2D eigenvalue weighted by Gasteiger charge is 2.21. The van der Waals surface area contributed by atoms with E-state index < -0.39 is 5.63 Å². The molecule has 9 heteroatoms. The molecule has 0 N–H and O–H groups in total. The van der Waals surface area contributed by atoms with Crippen LogP contribution in [-0.4, -0.2) is 39.4 Å². The average Bonchev–Trinajstić information content (AvgIpc) is 3.33. The topological polar surface area (TPSA) is 114 Å². The molecular formula is C25H30O9. The van der Waals surface area contributed by atoms with E-state index in [0.29, 0.717) is 61.4 Å². The van der Waals surface area contributed by atoms with Gasteiger partial charge in [0.15, 0.2) is 11.2 Å². The minimum absolute atomic E-state index is 0.221. The normalized spacial score (nSPS) is 11.0. The Balaban J connectivity index is 1.71. The standard InChI is InChI=1S/C25H30O9/c1-29-19(26)9-5-3-7-14-31-22-17-11-12-21(28)34-24(17)25(23-18(22)13-16-33-23)32-15-8-4-6-10-20(27)30-2/h11-13,16H,3-10,14-15H2,1-2H3. The maximum atomic E-state index is 12.0. The largest absolute Gasteiger partial charge is 0.492 e. The molecule has 0 aliphatic carbocycles. The molecule has 0 bridgehead atoms. The van der Waals surface area contributed by atoms with Crippen molar-refractivity contribution in [2.75, 3.05) is 27.4 Å². The molecule has 0 spiro atoms. The number of carbonyl (C=O) groups is 2. The Morgan fingerprint density at radius 3 is 1.94 bits per heavy atom. The number of hydrogen-bond donors (Lipinski definition) is 0. The number of methoxy groups -OCH3 is 2. The summed E-state index contributed by atoms with van der Waals surface area (Å²) in [7, 11) is 2.75. The van der Waals surface area contributed by atoms with E-state index in [9.17, 15) is 14.4 Å². The Morgan fingerprint density at radius 2 is 1.32 bits per heavy atom. The van der Waals surface area contributed by atoms with E-state index in [2.05, 4.69) is 9.47 Å². The Labute approximate surface area is 196 Å². The van der Waals surface area contributed by atoms with Crippen molar-refractivity contribution in [2.24, 2.45) is 0 Å². The van der Waals surface area contributed by atoms with Crippen molar-refractivity contribution in [3.8, 4) is 11.5 Å². The first kappa shape index (κ1) is 25.1. The van der Waals surface area contributed by atoms with Crippen molar-refractivity contribution < 1.29 is 37.4 Å². The fourth-order valence-corrected chi connectivity index (χ4v) is 3.61. The van der Waals surface area contributed by atoms with Gasteiger partial charge in [0.05, 0.1) is 44.5 Å².